The number of allylic oxidation sites excluding steroid dienone is 1. The molecule has 1 aromatic heterocycles. The number of Topliss-reactive ketones (excluding diaryl/α,β-unsaturated/α-hetero) is 2. The van der Waals surface area contributed by atoms with E-state index in [1.165, 1.54) is 11.0 Å². The molecule has 1 aromatic carbocycles. The number of aromatic hydroxyl groups is 1. The molecule has 3 aliphatic rings. The summed E-state index contributed by atoms with van der Waals surface area (Å²) in [5, 5.41) is 45.0. The summed E-state index contributed by atoms with van der Waals surface area (Å²) in [4.78, 5) is 47.5. The van der Waals surface area contributed by atoms with Crippen molar-refractivity contribution in [3.63, 3.8) is 0 Å². The summed E-state index contributed by atoms with van der Waals surface area (Å²) in [6.07, 6.45) is 5.44. The molecule has 11 heteroatoms. The lowest BCUT2D eigenvalue weighted by atomic mass is 9.58. The number of phenols is 1. The molecule has 0 bridgehead atoms. The minimum Gasteiger partial charge on any atom is -0.510 e. The summed E-state index contributed by atoms with van der Waals surface area (Å²) in [5.74, 6) is -6.80. The fourth-order valence-electron chi connectivity index (χ4n) is 6.84. The Hall–Kier alpha value is -4.32. The van der Waals surface area contributed by atoms with Crippen molar-refractivity contribution >= 4 is 17.5 Å². The van der Waals surface area contributed by atoms with Crippen LogP contribution in [0.15, 0.2) is 65.9 Å². The standard InChI is InChI=1S/C31H34N4O7/c1-5-8-35(4)14-15-9-17(13-33-12-15)18-6-7-21(36)23-19(18)10-16-11-20-25(34(2)3)27(38)24(30(32)41)29(40)31(20,42)28(39)22(16)26(23)37/h5-7,9,12-13,16,20,25,36,38-39,42H,1,8,10-11,14H2,2-4H3,(H2,32,41)/t16-,20-,25+,31-/m0/s1. The van der Waals surface area contributed by atoms with Crippen LogP contribution in [-0.4, -0.2) is 92.0 Å². The smallest absolute Gasteiger partial charge is 0.255 e. The maximum Gasteiger partial charge on any atom is 0.255 e. The molecule has 0 radical (unpaired) electrons. The molecule has 220 valence electrons. The molecule has 3 aliphatic carbocycles. The number of aliphatic hydroxyl groups is 3. The largest absolute Gasteiger partial charge is 0.510 e. The third-order valence-corrected chi connectivity index (χ3v) is 8.61. The van der Waals surface area contributed by atoms with E-state index in [1.54, 1.807) is 38.6 Å². The Morgan fingerprint density at radius 3 is 2.55 bits per heavy atom. The fourth-order valence-corrected chi connectivity index (χ4v) is 6.84. The van der Waals surface area contributed by atoms with Crippen molar-refractivity contribution in [3.05, 3.63) is 82.6 Å². The second-order valence-electron chi connectivity index (χ2n) is 11.5. The minimum absolute atomic E-state index is 0.0193. The van der Waals surface area contributed by atoms with Gasteiger partial charge < -0.3 is 26.2 Å². The van der Waals surface area contributed by atoms with Crippen LogP contribution in [0.2, 0.25) is 0 Å². The van der Waals surface area contributed by atoms with Crippen LogP contribution in [0.5, 0.6) is 5.75 Å². The van der Waals surface area contributed by atoms with E-state index in [1.807, 2.05) is 13.1 Å². The first-order valence-electron chi connectivity index (χ1n) is 13.6. The molecule has 0 aliphatic heterocycles. The number of phenolic OH excluding ortho intramolecular Hbond substituents is 1. The number of ketones is 2. The van der Waals surface area contributed by atoms with Crippen LogP contribution >= 0.6 is 0 Å². The van der Waals surface area contributed by atoms with E-state index in [9.17, 15) is 34.8 Å². The van der Waals surface area contributed by atoms with Gasteiger partial charge in [0.15, 0.2) is 11.4 Å². The number of aliphatic hydroxyl groups excluding tert-OH is 2. The van der Waals surface area contributed by atoms with Crippen LogP contribution in [0.25, 0.3) is 11.1 Å². The Balaban J connectivity index is 1.65. The summed E-state index contributed by atoms with van der Waals surface area (Å²) < 4.78 is 0. The van der Waals surface area contributed by atoms with Crippen molar-refractivity contribution in [1.82, 2.24) is 14.8 Å². The number of pyridine rings is 1. The van der Waals surface area contributed by atoms with Gasteiger partial charge in [-0.15, -0.1) is 6.58 Å². The summed E-state index contributed by atoms with van der Waals surface area (Å²) >= 11 is 0. The average molecular weight is 575 g/mol. The zero-order chi connectivity index (χ0) is 30.7. The number of primary amides is 1. The Kier molecular flexibility index (Phi) is 7.30. The molecule has 6 N–H and O–H groups in total. The topological polar surface area (TPSA) is 178 Å². The van der Waals surface area contributed by atoms with Gasteiger partial charge in [0.05, 0.1) is 11.6 Å². The fraction of sp³-hybridized carbons (Fsp3) is 0.355. The van der Waals surface area contributed by atoms with Crippen molar-refractivity contribution in [2.24, 2.45) is 17.6 Å². The number of fused-ring (bicyclic) bond motifs is 3. The molecule has 42 heavy (non-hydrogen) atoms. The Morgan fingerprint density at radius 1 is 1.19 bits per heavy atom. The van der Waals surface area contributed by atoms with Crippen molar-refractivity contribution in [2.75, 3.05) is 27.7 Å². The van der Waals surface area contributed by atoms with Crippen LogP contribution < -0.4 is 5.73 Å². The third-order valence-electron chi connectivity index (χ3n) is 8.61. The van der Waals surface area contributed by atoms with E-state index in [0.29, 0.717) is 24.2 Å². The number of rotatable bonds is 7. The summed E-state index contributed by atoms with van der Waals surface area (Å²) in [6, 6.07) is 4.01. The van der Waals surface area contributed by atoms with Crippen LogP contribution in [0, 0.1) is 11.8 Å². The number of nitrogens with zero attached hydrogens (tertiary/aromatic N) is 3. The first-order valence-corrected chi connectivity index (χ1v) is 13.6. The normalized spacial score (nSPS) is 25.4. The number of hydrogen-bond donors (Lipinski definition) is 5. The molecule has 0 spiro atoms. The molecule has 0 saturated carbocycles. The van der Waals surface area contributed by atoms with Gasteiger partial charge in [0.2, 0.25) is 5.78 Å². The van der Waals surface area contributed by atoms with Crippen molar-refractivity contribution < 1.29 is 34.8 Å². The SMILES string of the molecule is C=CCN(C)Cc1cncc(-c2ccc(O)c3c2C[C@H]2C[C@H]4[C@@H](N(C)C)C(O)=C(C(N)=O)C(=O)[C@@]4(O)C(O)=C2C3=O)c1. The lowest BCUT2D eigenvalue weighted by Crippen LogP contribution is -2.63. The molecule has 5 rings (SSSR count). The number of carbonyl (C=O) groups is 3. The average Bonchev–Trinajstić information content (AvgIpc) is 2.90. The lowest BCUT2D eigenvalue weighted by molar-refractivity contribution is -0.148. The van der Waals surface area contributed by atoms with Gasteiger partial charge in [-0.25, -0.2) is 0 Å². The molecular weight excluding hydrogens is 540 g/mol. The Morgan fingerprint density at radius 2 is 1.90 bits per heavy atom. The minimum atomic E-state index is -2.67. The number of hydrogen-bond acceptors (Lipinski definition) is 10. The highest BCUT2D eigenvalue weighted by molar-refractivity contribution is 6.24. The third kappa shape index (κ3) is 4.32. The highest BCUT2D eigenvalue weighted by Gasteiger charge is 2.63. The summed E-state index contributed by atoms with van der Waals surface area (Å²) in [7, 11) is 5.14. The molecule has 0 saturated heterocycles. The molecular formula is C31H34N4O7. The van der Waals surface area contributed by atoms with Gasteiger partial charge in [-0.1, -0.05) is 12.1 Å². The van der Waals surface area contributed by atoms with E-state index in [4.69, 9.17) is 5.73 Å². The Labute approximate surface area is 242 Å². The van der Waals surface area contributed by atoms with Crippen LogP contribution in [0.3, 0.4) is 0 Å². The van der Waals surface area contributed by atoms with Crippen molar-refractivity contribution in [2.45, 2.75) is 31.0 Å². The number of amides is 1. The predicted octanol–water partition coefficient (Wildman–Crippen LogP) is 1.80. The van der Waals surface area contributed by atoms with Gasteiger partial charge >= 0.3 is 0 Å². The number of benzene rings is 1. The van der Waals surface area contributed by atoms with E-state index < -0.39 is 58.0 Å². The number of carbonyl (C=O) groups excluding carboxylic acids is 3. The second kappa shape index (κ2) is 10.5. The van der Waals surface area contributed by atoms with E-state index in [0.717, 1.165) is 11.1 Å². The molecule has 11 nitrogen and oxygen atoms in total. The maximum absolute atomic E-state index is 14.0. The van der Waals surface area contributed by atoms with Gasteiger partial charge in [0, 0.05) is 42.5 Å². The highest BCUT2D eigenvalue weighted by atomic mass is 16.3. The lowest BCUT2D eigenvalue weighted by Gasteiger charge is -2.50. The Bertz CT molecular complexity index is 1590. The van der Waals surface area contributed by atoms with E-state index in [-0.39, 0.29) is 29.7 Å². The van der Waals surface area contributed by atoms with Gasteiger partial charge in [-0.05, 0) is 68.7 Å². The molecule has 0 fully saturated rings. The molecule has 4 atom stereocenters. The number of nitrogens with two attached hydrogens (primary N) is 1. The quantitative estimate of drug-likeness (QED) is 0.242. The van der Waals surface area contributed by atoms with Gasteiger partial charge in [-0.2, -0.15) is 0 Å². The molecule has 1 heterocycles. The maximum atomic E-state index is 14.0. The number of aromatic nitrogens is 1. The van der Waals surface area contributed by atoms with Gasteiger partial charge in [-0.3, -0.25) is 29.2 Å². The molecule has 2 aromatic rings. The summed E-state index contributed by atoms with van der Waals surface area (Å²) in [6.45, 7) is 5.06. The number of likely N-dealkylation sites (N-methyl/N-ethyl adjacent to an activating group) is 2. The summed E-state index contributed by atoms with van der Waals surface area (Å²) in [5.41, 5.74) is 4.54. The zero-order valence-electron chi connectivity index (χ0n) is 23.7. The van der Waals surface area contributed by atoms with Crippen LogP contribution in [-0.2, 0) is 22.6 Å². The highest BCUT2D eigenvalue weighted by Crippen LogP contribution is 2.53. The predicted molar refractivity (Wildman–Crippen MR) is 153 cm³/mol. The van der Waals surface area contributed by atoms with Crippen LogP contribution in [0.1, 0.15) is 27.9 Å². The first kappa shape index (κ1) is 29.2. The second-order valence-corrected chi connectivity index (χ2v) is 11.5. The van der Waals surface area contributed by atoms with E-state index in [2.05, 4.69) is 16.5 Å². The van der Waals surface area contributed by atoms with Crippen molar-refractivity contribution in [1.29, 1.82) is 0 Å². The van der Waals surface area contributed by atoms with Gasteiger partial charge in [0.25, 0.3) is 5.91 Å². The molecule has 1 amide bonds. The first-order chi connectivity index (χ1) is 19.8. The van der Waals surface area contributed by atoms with Crippen LogP contribution in [0.4, 0.5) is 0 Å². The monoisotopic (exact) mass is 574 g/mol. The van der Waals surface area contributed by atoms with Crippen molar-refractivity contribution in [3.8, 4) is 16.9 Å². The van der Waals surface area contributed by atoms with E-state index >= 15 is 0 Å². The molecule has 0 unspecified atom stereocenters. The van der Waals surface area contributed by atoms with Gasteiger partial charge in [0.1, 0.15) is 22.8 Å². The zero-order valence-corrected chi connectivity index (χ0v) is 23.7.